The lowest BCUT2D eigenvalue weighted by atomic mass is 10.0. The molecule has 3 aromatic rings. The fraction of sp³-hybridized carbons (Fsp3) is 0.208. The van der Waals surface area contributed by atoms with Gasteiger partial charge >= 0.3 is 0 Å². The average Bonchev–Trinajstić information content (AvgIpc) is 2.79. The van der Waals surface area contributed by atoms with Gasteiger partial charge in [-0.25, -0.2) is 4.98 Å². The Hall–Kier alpha value is -3.58. The van der Waals surface area contributed by atoms with E-state index in [1.54, 1.807) is 44.6 Å². The molecule has 0 saturated carbocycles. The lowest BCUT2D eigenvalue weighted by Crippen LogP contribution is -2.27. The number of fused-ring (bicyclic) bond motifs is 1. The lowest BCUT2D eigenvalue weighted by Gasteiger charge is -2.14. The Balaban J connectivity index is 1.70. The van der Waals surface area contributed by atoms with Crippen LogP contribution in [0.3, 0.4) is 0 Å². The summed E-state index contributed by atoms with van der Waals surface area (Å²) in [5, 5.41) is 3.45. The first-order chi connectivity index (χ1) is 15.4. The van der Waals surface area contributed by atoms with Crippen molar-refractivity contribution in [1.29, 1.82) is 0 Å². The number of nitrogens with zero attached hydrogens (tertiary/aromatic N) is 3. The zero-order valence-electron chi connectivity index (χ0n) is 18.3. The van der Waals surface area contributed by atoms with Crippen LogP contribution in [0.15, 0.2) is 67.0 Å². The molecular weight excluding hydrogens is 428 g/mol. The van der Waals surface area contributed by atoms with Gasteiger partial charge in [-0.1, -0.05) is 24.2 Å². The maximum atomic E-state index is 11.7. The maximum absolute atomic E-state index is 11.7. The number of amides is 1. The molecule has 1 amide bonds. The lowest BCUT2D eigenvalue weighted by molar-refractivity contribution is -0.130. The number of aromatic nitrogens is 2. The highest BCUT2D eigenvalue weighted by Gasteiger charge is 2.11. The molecule has 0 aliphatic rings. The van der Waals surface area contributed by atoms with Crippen molar-refractivity contribution < 1.29 is 14.3 Å². The molecule has 2 aromatic heterocycles. The quantitative estimate of drug-likeness (QED) is 0.391. The zero-order valence-corrected chi connectivity index (χ0v) is 19.0. The largest absolute Gasteiger partial charge is 0.489 e. The minimum atomic E-state index is -0.119. The zero-order chi connectivity index (χ0) is 23.1. The van der Waals surface area contributed by atoms with Crippen LogP contribution >= 0.6 is 11.6 Å². The fourth-order valence-corrected chi connectivity index (χ4v) is 2.99. The molecule has 1 N–H and O–H groups in total. The molecule has 0 atom stereocenters. The van der Waals surface area contributed by atoms with E-state index in [0.717, 1.165) is 22.2 Å². The topological polar surface area (TPSA) is 76.6 Å². The van der Waals surface area contributed by atoms with E-state index in [1.807, 2.05) is 31.4 Å². The second-order valence-corrected chi connectivity index (χ2v) is 7.57. The molecule has 32 heavy (non-hydrogen) atoms. The smallest absolute Gasteiger partial charge is 0.259 e. The minimum absolute atomic E-state index is 0.0365. The maximum Gasteiger partial charge on any atom is 0.259 e. The Bertz CT molecular complexity index is 1160. The standard InChI is InChI=1S/C24H25ClN4O3/c1-16(14-31-18-6-5-7-19(11-18)32-15-24(30)29(3)4)20(13-26-2)17-10-22-21(27-12-17)8-9-23(25)28-22/h5-13,26H,1,14-15H2,2-4H3/b20-13+. The van der Waals surface area contributed by atoms with E-state index < -0.39 is 0 Å². The summed E-state index contributed by atoms with van der Waals surface area (Å²) < 4.78 is 11.5. The third-order valence-electron chi connectivity index (χ3n) is 4.56. The number of likely N-dealkylation sites (N-methyl/N-ethyl adjacent to an activating group) is 1. The van der Waals surface area contributed by atoms with Crippen molar-refractivity contribution in [3.8, 4) is 11.5 Å². The van der Waals surface area contributed by atoms with Gasteiger partial charge in [-0.15, -0.1) is 0 Å². The SMILES string of the molecule is C=C(COc1cccc(OCC(=O)N(C)C)c1)/C(=C\NC)c1cnc2ccc(Cl)nc2c1. The van der Waals surface area contributed by atoms with Crippen molar-refractivity contribution >= 4 is 34.1 Å². The van der Waals surface area contributed by atoms with Crippen LogP contribution < -0.4 is 14.8 Å². The van der Waals surface area contributed by atoms with Gasteiger partial charge in [-0.3, -0.25) is 9.78 Å². The molecule has 0 bridgehead atoms. The Morgan fingerprint density at radius 3 is 2.53 bits per heavy atom. The number of carbonyl (C=O) groups is 1. The highest BCUT2D eigenvalue weighted by atomic mass is 35.5. The van der Waals surface area contributed by atoms with Gasteiger partial charge in [0.2, 0.25) is 0 Å². The van der Waals surface area contributed by atoms with Crippen LogP contribution in [-0.4, -0.2) is 55.1 Å². The van der Waals surface area contributed by atoms with E-state index in [9.17, 15) is 4.79 Å². The summed E-state index contributed by atoms with van der Waals surface area (Å²) in [6, 6.07) is 12.6. The summed E-state index contributed by atoms with van der Waals surface area (Å²) in [5.74, 6) is 1.04. The van der Waals surface area contributed by atoms with Crippen LogP contribution in [0.5, 0.6) is 11.5 Å². The number of nitrogens with one attached hydrogen (secondary N) is 1. The first-order valence-electron chi connectivity index (χ1n) is 9.91. The molecule has 0 fully saturated rings. The molecule has 8 heteroatoms. The Labute approximate surface area is 192 Å². The summed E-state index contributed by atoms with van der Waals surface area (Å²) in [4.78, 5) is 22.0. The number of pyridine rings is 2. The highest BCUT2D eigenvalue weighted by Crippen LogP contribution is 2.26. The van der Waals surface area contributed by atoms with Gasteiger partial charge < -0.3 is 19.7 Å². The summed E-state index contributed by atoms with van der Waals surface area (Å²) in [6.07, 6.45) is 3.61. The minimum Gasteiger partial charge on any atom is -0.489 e. The van der Waals surface area contributed by atoms with Crippen LogP contribution in [0.25, 0.3) is 16.6 Å². The van der Waals surface area contributed by atoms with Crippen LogP contribution in [0, 0.1) is 0 Å². The predicted molar refractivity (Wildman–Crippen MR) is 127 cm³/mol. The van der Waals surface area contributed by atoms with Crippen molar-refractivity contribution in [1.82, 2.24) is 20.2 Å². The van der Waals surface area contributed by atoms with Crippen molar-refractivity contribution in [2.75, 3.05) is 34.4 Å². The van der Waals surface area contributed by atoms with E-state index in [1.165, 1.54) is 4.90 Å². The Kier molecular flexibility index (Phi) is 7.68. The van der Waals surface area contributed by atoms with Crippen LogP contribution in [0.1, 0.15) is 5.56 Å². The first-order valence-corrected chi connectivity index (χ1v) is 10.3. The molecular formula is C24H25ClN4O3. The van der Waals surface area contributed by atoms with Crippen LogP contribution in [-0.2, 0) is 4.79 Å². The van der Waals surface area contributed by atoms with Crippen LogP contribution in [0.4, 0.5) is 0 Å². The fourth-order valence-electron chi connectivity index (χ4n) is 2.84. The number of benzene rings is 1. The van der Waals surface area contributed by atoms with Crippen LogP contribution in [0.2, 0.25) is 5.15 Å². The third kappa shape index (κ3) is 5.98. The van der Waals surface area contributed by atoms with Gasteiger partial charge in [-0.05, 0) is 35.9 Å². The second kappa shape index (κ2) is 10.6. The van der Waals surface area contributed by atoms with Gasteiger partial charge in [-0.2, -0.15) is 0 Å². The summed E-state index contributed by atoms with van der Waals surface area (Å²) in [7, 11) is 5.18. The van der Waals surface area contributed by atoms with E-state index in [4.69, 9.17) is 21.1 Å². The highest BCUT2D eigenvalue weighted by molar-refractivity contribution is 6.29. The third-order valence-corrected chi connectivity index (χ3v) is 4.77. The number of hydrogen-bond acceptors (Lipinski definition) is 6. The number of hydrogen-bond donors (Lipinski definition) is 1. The molecule has 0 radical (unpaired) electrons. The van der Waals surface area contributed by atoms with E-state index in [2.05, 4.69) is 21.9 Å². The normalized spacial score (nSPS) is 11.2. The summed E-state index contributed by atoms with van der Waals surface area (Å²) >= 11 is 6.03. The van der Waals surface area contributed by atoms with E-state index in [-0.39, 0.29) is 19.1 Å². The van der Waals surface area contributed by atoms with E-state index >= 15 is 0 Å². The average molecular weight is 453 g/mol. The number of carbonyl (C=O) groups excluding carboxylic acids is 1. The van der Waals surface area contributed by atoms with Crippen molar-refractivity contribution in [3.63, 3.8) is 0 Å². The first kappa shape index (κ1) is 23.1. The monoisotopic (exact) mass is 452 g/mol. The van der Waals surface area contributed by atoms with Crippen molar-refractivity contribution in [2.45, 2.75) is 0 Å². The van der Waals surface area contributed by atoms with Gasteiger partial charge in [0.05, 0.1) is 11.0 Å². The van der Waals surface area contributed by atoms with Crippen molar-refractivity contribution in [3.05, 3.63) is 77.7 Å². The molecule has 7 nitrogen and oxygen atoms in total. The summed E-state index contributed by atoms with van der Waals surface area (Å²) in [5.41, 5.74) is 3.88. The molecule has 166 valence electrons. The van der Waals surface area contributed by atoms with Gasteiger partial charge in [0.1, 0.15) is 23.3 Å². The number of rotatable bonds is 9. The Morgan fingerprint density at radius 2 is 1.84 bits per heavy atom. The molecule has 0 saturated heterocycles. The van der Waals surface area contributed by atoms with Gasteiger partial charge in [0.25, 0.3) is 5.91 Å². The number of halogens is 1. The van der Waals surface area contributed by atoms with Crippen molar-refractivity contribution in [2.24, 2.45) is 0 Å². The summed E-state index contributed by atoms with van der Waals surface area (Å²) in [6.45, 7) is 4.38. The second-order valence-electron chi connectivity index (χ2n) is 7.19. The molecule has 0 aliphatic heterocycles. The molecule has 2 heterocycles. The Morgan fingerprint density at radius 1 is 1.12 bits per heavy atom. The molecule has 3 rings (SSSR count). The van der Waals surface area contributed by atoms with Gasteiger partial charge in [0.15, 0.2) is 6.61 Å². The van der Waals surface area contributed by atoms with Gasteiger partial charge in [0, 0.05) is 50.7 Å². The molecule has 1 aromatic carbocycles. The molecule has 0 spiro atoms. The molecule has 0 unspecified atom stereocenters. The number of ether oxygens (including phenoxy) is 2. The van der Waals surface area contributed by atoms with E-state index in [0.29, 0.717) is 22.2 Å². The molecule has 0 aliphatic carbocycles. The predicted octanol–water partition coefficient (Wildman–Crippen LogP) is 3.95.